The molecular weight excluding hydrogens is 500 g/mol. The second kappa shape index (κ2) is 10.1. The molecule has 4 saturated carbocycles. The Morgan fingerprint density at radius 3 is 1.87 bits per heavy atom. The van der Waals surface area contributed by atoms with Crippen LogP contribution in [0.1, 0.15) is 106 Å². The summed E-state index contributed by atoms with van der Waals surface area (Å²) in [6.07, 6.45) is 6.59. The highest BCUT2D eigenvalue weighted by atomic mass is 16.6. The molecule has 5 rings (SSSR count). The number of carbonyl (C=O) groups excluding carboxylic acids is 4. The summed E-state index contributed by atoms with van der Waals surface area (Å²) in [5.41, 5.74) is -4.71. The van der Waals surface area contributed by atoms with Crippen molar-refractivity contribution in [3.63, 3.8) is 0 Å². The lowest BCUT2D eigenvalue weighted by atomic mass is 9.50. The quantitative estimate of drug-likeness (QED) is 0.264. The third-order valence-electron chi connectivity index (χ3n) is 10.6. The van der Waals surface area contributed by atoms with E-state index < -0.39 is 45.4 Å². The molecule has 220 valence electrons. The molecule has 4 aliphatic carbocycles. The monoisotopic (exact) mass is 548 g/mol. The zero-order chi connectivity index (χ0) is 29.0. The van der Waals surface area contributed by atoms with Gasteiger partial charge in [0.05, 0.1) is 29.8 Å². The standard InChI is InChI=1S/C31H48O8/c1-9-28(4,26(35)39-31(7)21-11-19-10-20(13-21)14-22(31)12-19)17-29(5,25(34)36-8)16-27(2,3)24(33)38-30(6)15-23(32)37-18-30/h19-22H,9-18H2,1-8H3. The molecule has 0 N–H and O–H groups in total. The van der Waals surface area contributed by atoms with Gasteiger partial charge >= 0.3 is 23.9 Å². The van der Waals surface area contributed by atoms with Crippen molar-refractivity contribution >= 4 is 23.9 Å². The van der Waals surface area contributed by atoms with E-state index in [1.165, 1.54) is 13.5 Å². The van der Waals surface area contributed by atoms with Gasteiger partial charge in [0.1, 0.15) is 12.2 Å². The summed E-state index contributed by atoms with van der Waals surface area (Å²) in [6.45, 7) is 12.8. The predicted octanol–water partition coefficient (Wildman–Crippen LogP) is 5.40. The molecule has 1 saturated heterocycles. The Hall–Kier alpha value is -2.12. The highest BCUT2D eigenvalue weighted by Gasteiger charge is 2.59. The van der Waals surface area contributed by atoms with E-state index in [0.29, 0.717) is 18.3 Å². The largest absolute Gasteiger partial charge is 0.469 e. The number of esters is 4. The molecule has 1 aliphatic heterocycles. The molecule has 5 aliphatic rings. The molecule has 1 heterocycles. The van der Waals surface area contributed by atoms with Crippen molar-refractivity contribution < 1.29 is 38.1 Å². The molecule has 0 aromatic heterocycles. The van der Waals surface area contributed by atoms with Gasteiger partial charge in [0.15, 0.2) is 5.60 Å². The van der Waals surface area contributed by atoms with Crippen molar-refractivity contribution in [2.45, 2.75) is 117 Å². The molecule has 39 heavy (non-hydrogen) atoms. The minimum Gasteiger partial charge on any atom is -0.469 e. The third kappa shape index (κ3) is 5.58. The minimum atomic E-state index is -1.16. The normalized spacial score (nSPS) is 36.5. The zero-order valence-electron chi connectivity index (χ0n) is 25.1. The van der Waals surface area contributed by atoms with E-state index >= 15 is 0 Å². The highest BCUT2D eigenvalue weighted by molar-refractivity contribution is 5.83. The molecule has 8 heteroatoms. The average molecular weight is 549 g/mol. The van der Waals surface area contributed by atoms with Crippen LogP contribution in [0.15, 0.2) is 0 Å². The molecule has 5 fully saturated rings. The van der Waals surface area contributed by atoms with E-state index in [1.807, 2.05) is 13.8 Å². The highest BCUT2D eigenvalue weighted by Crippen LogP contribution is 2.60. The first kappa shape index (κ1) is 29.9. The van der Waals surface area contributed by atoms with Crippen LogP contribution in [0.2, 0.25) is 0 Å². The SMILES string of the molecule is CCC(C)(CC(C)(CC(C)(C)C(=O)OC1(C)COC(=O)C1)C(=O)OC)C(=O)OC1(C)C2CC3CC(C2)CC1C3. The summed E-state index contributed by atoms with van der Waals surface area (Å²) in [7, 11) is 1.32. The molecule has 0 amide bonds. The molecule has 3 atom stereocenters. The maximum absolute atomic E-state index is 14.0. The van der Waals surface area contributed by atoms with E-state index in [0.717, 1.165) is 37.5 Å². The molecule has 0 spiro atoms. The number of carbonyl (C=O) groups is 4. The van der Waals surface area contributed by atoms with Gasteiger partial charge in [-0.2, -0.15) is 0 Å². The van der Waals surface area contributed by atoms with E-state index in [1.54, 1.807) is 27.7 Å². The Morgan fingerprint density at radius 1 is 0.846 bits per heavy atom. The van der Waals surface area contributed by atoms with Crippen molar-refractivity contribution in [1.82, 2.24) is 0 Å². The summed E-state index contributed by atoms with van der Waals surface area (Å²) in [6, 6.07) is 0. The van der Waals surface area contributed by atoms with Gasteiger partial charge in [-0.15, -0.1) is 0 Å². The fourth-order valence-electron chi connectivity index (χ4n) is 8.38. The van der Waals surface area contributed by atoms with Gasteiger partial charge in [-0.3, -0.25) is 19.2 Å². The summed E-state index contributed by atoms with van der Waals surface area (Å²) in [5, 5.41) is 0. The second-order valence-corrected chi connectivity index (χ2v) is 14.8. The third-order valence-corrected chi connectivity index (χ3v) is 10.6. The van der Waals surface area contributed by atoms with E-state index in [2.05, 4.69) is 6.92 Å². The number of hydrogen-bond acceptors (Lipinski definition) is 8. The van der Waals surface area contributed by atoms with Gasteiger partial charge < -0.3 is 18.9 Å². The fourth-order valence-corrected chi connectivity index (χ4v) is 8.38. The van der Waals surface area contributed by atoms with Crippen LogP contribution in [-0.2, 0) is 38.1 Å². The summed E-state index contributed by atoms with van der Waals surface area (Å²) >= 11 is 0. The van der Waals surface area contributed by atoms with Crippen LogP contribution >= 0.6 is 0 Å². The Kier molecular flexibility index (Phi) is 7.70. The van der Waals surface area contributed by atoms with Crippen LogP contribution in [0, 0.1) is 39.9 Å². The Balaban J connectivity index is 1.51. The van der Waals surface area contributed by atoms with Crippen LogP contribution in [0.4, 0.5) is 0 Å². The lowest BCUT2D eigenvalue weighted by molar-refractivity contribution is -0.214. The Labute approximate surface area is 233 Å². The fraction of sp³-hybridized carbons (Fsp3) is 0.871. The first-order chi connectivity index (χ1) is 18.0. The van der Waals surface area contributed by atoms with E-state index in [4.69, 9.17) is 18.9 Å². The van der Waals surface area contributed by atoms with Crippen LogP contribution in [0.5, 0.6) is 0 Å². The number of ether oxygens (including phenoxy) is 4. The van der Waals surface area contributed by atoms with Gasteiger partial charge in [-0.05, 0) is 117 Å². The van der Waals surface area contributed by atoms with Crippen LogP contribution in [0.3, 0.4) is 0 Å². The van der Waals surface area contributed by atoms with Crippen LogP contribution in [0.25, 0.3) is 0 Å². The van der Waals surface area contributed by atoms with E-state index in [9.17, 15) is 19.2 Å². The average Bonchev–Trinajstić information content (AvgIpc) is 3.18. The molecule has 4 bridgehead atoms. The van der Waals surface area contributed by atoms with Gasteiger partial charge in [0.25, 0.3) is 0 Å². The maximum Gasteiger partial charge on any atom is 0.312 e. The molecule has 0 aromatic carbocycles. The molecular formula is C31H48O8. The Morgan fingerprint density at radius 2 is 1.41 bits per heavy atom. The number of rotatable bonds is 10. The Bertz CT molecular complexity index is 988. The number of cyclic esters (lactones) is 1. The van der Waals surface area contributed by atoms with Crippen molar-refractivity contribution in [2.75, 3.05) is 13.7 Å². The second-order valence-electron chi connectivity index (χ2n) is 14.8. The molecule has 0 radical (unpaired) electrons. The first-order valence-electron chi connectivity index (χ1n) is 14.7. The maximum atomic E-state index is 14.0. The topological polar surface area (TPSA) is 105 Å². The molecule has 0 aromatic rings. The van der Waals surface area contributed by atoms with Crippen molar-refractivity contribution in [3.05, 3.63) is 0 Å². The number of hydrogen-bond donors (Lipinski definition) is 0. The summed E-state index contributed by atoms with van der Waals surface area (Å²) in [5.74, 6) is 0.620. The first-order valence-corrected chi connectivity index (χ1v) is 14.7. The summed E-state index contributed by atoms with van der Waals surface area (Å²) in [4.78, 5) is 52.2. The van der Waals surface area contributed by atoms with Crippen LogP contribution in [-0.4, -0.2) is 48.8 Å². The van der Waals surface area contributed by atoms with Gasteiger partial charge in [0.2, 0.25) is 0 Å². The lowest BCUT2D eigenvalue weighted by Crippen LogP contribution is -2.59. The van der Waals surface area contributed by atoms with Gasteiger partial charge in [-0.1, -0.05) is 6.92 Å². The van der Waals surface area contributed by atoms with Crippen LogP contribution < -0.4 is 0 Å². The van der Waals surface area contributed by atoms with Gasteiger partial charge in [0, 0.05) is 0 Å². The predicted molar refractivity (Wildman–Crippen MR) is 143 cm³/mol. The smallest absolute Gasteiger partial charge is 0.312 e. The minimum absolute atomic E-state index is 0.00389. The lowest BCUT2D eigenvalue weighted by Gasteiger charge is -2.59. The molecule has 8 nitrogen and oxygen atoms in total. The number of methoxy groups -OCH3 is 1. The van der Waals surface area contributed by atoms with E-state index in [-0.39, 0.29) is 31.8 Å². The van der Waals surface area contributed by atoms with Crippen molar-refractivity contribution in [3.8, 4) is 0 Å². The van der Waals surface area contributed by atoms with Crippen molar-refractivity contribution in [1.29, 1.82) is 0 Å². The molecule has 3 unspecified atom stereocenters. The zero-order valence-corrected chi connectivity index (χ0v) is 25.1. The van der Waals surface area contributed by atoms with Gasteiger partial charge in [-0.25, -0.2) is 0 Å². The van der Waals surface area contributed by atoms with Crippen molar-refractivity contribution in [2.24, 2.45) is 39.9 Å². The summed E-state index contributed by atoms with van der Waals surface area (Å²) < 4.78 is 22.5.